The van der Waals surface area contributed by atoms with Gasteiger partial charge in [0, 0.05) is 28.2 Å². The minimum Gasteiger partial charge on any atom is -0.462 e. The molecule has 1 heterocycles. The molecule has 1 aromatic heterocycles. The maximum atomic E-state index is 12.6. The minimum absolute atomic E-state index is 0.174. The third kappa shape index (κ3) is 11.6. The summed E-state index contributed by atoms with van der Waals surface area (Å²) in [5.74, 6) is 0.313. The highest BCUT2D eigenvalue weighted by Gasteiger charge is 2.16. The molecular weight excluding hydrogens is 634 g/mol. The summed E-state index contributed by atoms with van der Waals surface area (Å²) >= 11 is 0. The highest BCUT2D eigenvalue weighted by Crippen LogP contribution is 2.23. The van der Waals surface area contributed by atoms with E-state index in [1.165, 1.54) is 0 Å². The van der Waals surface area contributed by atoms with E-state index in [-0.39, 0.29) is 53.1 Å². The molecule has 0 spiro atoms. The van der Waals surface area contributed by atoms with Gasteiger partial charge in [0.1, 0.15) is 0 Å². The number of esters is 2. The average molecular weight is 682 g/mol. The lowest BCUT2D eigenvalue weighted by Gasteiger charge is -2.20. The van der Waals surface area contributed by atoms with Crippen molar-refractivity contribution in [2.45, 2.75) is 66.8 Å². The van der Waals surface area contributed by atoms with Crippen molar-refractivity contribution < 1.29 is 23.9 Å². The van der Waals surface area contributed by atoms with Gasteiger partial charge in [0.25, 0.3) is 5.91 Å². The zero-order chi connectivity index (χ0) is 36.3. The smallest absolute Gasteiger partial charge is 0.338 e. The fraction of sp³-hybridized carbons (Fsp3) is 0.368. The molecule has 0 saturated heterocycles. The molecule has 0 aliphatic heterocycles. The van der Waals surface area contributed by atoms with E-state index < -0.39 is 0 Å². The summed E-state index contributed by atoms with van der Waals surface area (Å²) < 4.78 is 10.8. The molecule has 3 aromatic carbocycles. The van der Waals surface area contributed by atoms with Gasteiger partial charge >= 0.3 is 11.9 Å². The van der Waals surface area contributed by atoms with E-state index in [2.05, 4.69) is 50.1 Å². The van der Waals surface area contributed by atoms with Crippen molar-refractivity contribution in [1.29, 1.82) is 0 Å². The van der Waals surface area contributed by atoms with Crippen molar-refractivity contribution >= 4 is 52.8 Å². The van der Waals surface area contributed by atoms with Gasteiger partial charge in [-0.25, -0.2) is 9.59 Å². The SMILES string of the molecule is CCC(C)COC(=O)c1ccc(Nc2nc(Nc3ccc(C(=O)NC(C)(C)C)cc3)nc(Nc3ccc(C(=O)OCC(C)CC)cc3)n2)cc1. The molecule has 12 nitrogen and oxygen atoms in total. The topological polar surface area (TPSA) is 156 Å². The number of nitrogens with one attached hydrogen (secondary N) is 4. The molecule has 0 radical (unpaired) electrons. The third-order valence-corrected chi connectivity index (χ3v) is 7.67. The number of amides is 1. The second kappa shape index (κ2) is 17.2. The number of ether oxygens (including phenoxy) is 2. The van der Waals surface area contributed by atoms with Gasteiger partial charge < -0.3 is 30.7 Å². The Labute approximate surface area is 293 Å². The summed E-state index contributed by atoms with van der Waals surface area (Å²) in [6.45, 7) is 14.7. The highest BCUT2D eigenvalue weighted by atomic mass is 16.5. The monoisotopic (exact) mass is 681 g/mol. The van der Waals surface area contributed by atoms with Gasteiger partial charge in [-0.05, 0) is 105 Å². The van der Waals surface area contributed by atoms with Crippen LogP contribution in [0.5, 0.6) is 0 Å². The first kappa shape index (κ1) is 37.3. The van der Waals surface area contributed by atoms with Gasteiger partial charge in [-0.3, -0.25) is 4.79 Å². The Bertz CT molecular complexity index is 1650. The van der Waals surface area contributed by atoms with Crippen LogP contribution in [0.2, 0.25) is 0 Å². The fourth-order valence-corrected chi connectivity index (χ4v) is 4.27. The van der Waals surface area contributed by atoms with E-state index in [1.807, 2.05) is 34.6 Å². The lowest BCUT2D eigenvalue weighted by atomic mass is 10.1. The Balaban J connectivity index is 1.54. The summed E-state index contributed by atoms with van der Waals surface area (Å²) in [5, 5.41) is 12.5. The second-order valence-corrected chi connectivity index (χ2v) is 13.3. The molecule has 0 bridgehead atoms. The van der Waals surface area contributed by atoms with Crippen LogP contribution in [-0.2, 0) is 9.47 Å². The third-order valence-electron chi connectivity index (χ3n) is 7.67. The quantitative estimate of drug-likeness (QED) is 0.0901. The Hall–Kier alpha value is -5.52. The summed E-state index contributed by atoms with van der Waals surface area (Å²) in [5.41, 5.74) is 2.96. The van der Waals surface area contributed by atoms with Crippen molar-refractivity contribution in [3.8, 4) is 0 Å². The lowest BCUT2D eigenvalue weighted by Crippen LogP contribution is -2.40. The summed E-state index contributed by atoms with van der Waals surface area (Å²) in [6, 6.07) is 20.6. The van der Waals surface area contributed by atoms with E-state index in [4.69, 9.17) is 9.47 Å². The number of hydrogen-bond donors (Lipinski definition) is 4. The molecule has 4 N–H and O–H groups in total. The summed E-state index contributed by atoms with van der Waals surface area (Å²) in [6.07, 6.45) is 1.85. The predicted molar refractivity (Wildman–Crippen MR) is 196 cm³/mol. The normalized spacial score (nSPS) is 12.3. The number of anilines is 6. The van der Waals surface area contributed by atoms with Crippen LogP contribution in [0.3, 0.4) is 0 Å². The van der Waals surface area contributed by atoms with E-state index in [1.54, 1.807) is 72.8 Å². The molecule has 2 unspecified atom stereocenters. The van der Waals surface area contributed by atoms with Crippen molar-refractivity contribution in [1.82, 2.24) is 20.3 Å². The zero-order valence-corrected chi connectivity index (χ0v) is 29.8. The van der Waals surface area contributed by atoms with E-state index >= 15 is 0 Å². The number of nitrogens with zero attached hydrogens (tertiary/aromatic N) is 3. The maximum absolute atomic E-state index is 12.6. The number of aromatic nitrogens is 3. The first-order valence-corrected chi connectivity index (χ1v) is 16.9. The number of hydrogen-bond acceptors (Lipinski definition) is 11. The molecule has 4 aromatic rings. The van der Waals surface area contributed by atoms with Gasteiger partial charge in [-0.1, -0.05) is 40.5 Å². The number of rotatable bonds is 15. The minimum atomic E-state index is -0.383. The van der Waals surface area contributed by atoms with Crippen molar-refractivity contribution in [2.24, 2.45) is 11.8 Å². The van der Waals surface area contributed by atoms with Gasteiger partial charge in [-0.2, -0.15) is 15.0 Å². The molecular formula is C38H47N7O5. The van der Waals surface area contributed by atoms with Crippen LogP contribution in [0, 0.1) is 11.8 Å². The van der Waals surface area contributed by atoms with Crippen LogP contribution in [-0.4, -0.2) is 51.6 Å². The van der Waals surface area contributed by atoms with Crippen molar-refractivity contribution in [3.05, 3.63) is 89.5 Å². The number of carbonyl (C=O) groups is 3. The summed E-state index contributed by atoms with van der Waals surface area (Å²) in [4.78, 5) is 51.2. The molecule has 50 heavy (non-hydrogen) atoms. The number of carbonyl (C=O) groups excluding carboxylic acids is 3. The van der Waals surface area contributed by atoms with E-state index in [0.717, 1.165) is 12.8 Å². The highest BCUT2D eigenvalue weighted by molar-refractivity contribution is 5.95. The van der Waals surface area contributed by atoms with E-state index in [0.29, 0.717) is 47.0 Å². The molecule has 0 aliphatic carbocycles. The summed E-state index contributed by atoms with van der Waals surface area (Å²) in [7, 11) is 0. The zero-order valence-electron chi connectivity index (χ0n) is 29.8. The molecule has 1 amide bonds. The van der Waals surface area contributed by atoms with Crippen LogP contribution in [0.15, 0.2) is 72.8 Å². The Morgan fingerprint density at radius 2 is 0.900 bits per heavy atom. The standard InChI is InChI=1S/C38H47N7O5/c1-8-24(3)22-49-33(47)27-12-18-30(19-13-27)40-36-42-35(39-29-16-10-26(11-17-29)32(46)45-38(5,6)7)43-37(44-36)41-31-20-14-28(15-21-31)34(48)50-23-25(4)9-2/h10-21,24-25H,8-9,22-23H2,1-7H3,(H,45,46)(H3,39,40,41,42,43,44). The van der Waals surface area contributed by atoms with Gasteiger partial charge in [0.15, 0.2) is 0 Å². The van der Waals surface area contributed by atoms with Crippen LogP contribution in [0.1, 0.15) is 92.4 Å². The molecule has 0 aliphatic rings. The number of benzene rings is 3. The maximum Gasteiger partial charge on any atom is 0.338 e. The molecule has 2 atom stereocenters. The van der Waals surface area contributed by atoms with E-state index in [9.17, 15) is 14.4 Å². The predicted octanol–water partition coefficient (Wildman–Crippen LogP) is 8.04. The molecule has 0 saturated carbocycles. The average Bonchev–Trinajstić information content (AvgIpc) is 3.09. The Morgan fingerprint density at radius 3 is 1.20 bits per heavy atom. The first-order chi connectivity index (χ1) is 23.8. The fourth-order valence-electron chi connectivity index (χ4n) is 4.27. The van der Waals surface area contributed by atoms with Crippen molar-refractivity contribution in [3.63, 3.8) is 0 Å². The molecule has 0 fully saturated rings. The molecule has 4 rings (SSSR count). The van der Waals surface area contributed by atoms with Crippen LogP contribution in [0.4, 0.5) is 34.9 Å². The Kier molecular flexibility index (Phi) is 12.9. The lowest BCUT2D eigenvalue weighted by molar-refractivity contribution is 0.0438. The van der Waals surface area contributed by atoms with Gasteiger partial charge in [-0.15, -0.1) is 0 Å². The molecule has 264 valence electrons. The van der Waals surface area contributed by atoms with Gasteiger partial charge in [0.2, 0.25) is 17.8 Å². The molecule has 12 heteroatoms. The Morgan fingerprint density at radius 1 is 0.580 bits per heavy atom. The van der Waals surface area contributed by atoms with Crippen molar-refractivity contribution in [2.75, 3.05) is 29.2 Å². The van der Waals surface area contributed by atoms with Crippen LogP contribution >= 0.6 is 0 Å². The van der Waals surface area contributed by atoms with Crippen LogP contribution < -0.4 is 21.3 Å². The first-order valence-electron chi connectivity index (χ1n) is 16.9. The second-order valence-electron chi connectivity index (χ2n) is 13.3. The largest absolute Gasteiger partial charge is 0.462 e. The van der Waals surface area contributed by atoms with Crippen LogP contribution in [0.25, 0.3) is 0 Å². The van der Waals surface area contributed by atoms with Gasteiger partial charge in [0.05, 0.1) is 24.3 Å².